The van der Waals surface area contributed by atoms with E-state index < -0.39 is 0 Å². The van der Waals surface area contributed by atoms with Crippen LogP contribution in [0.5, 0.6) is 0 Å². The van der Waals surface area contributed by atoms with Gasteiger partial charge in [0, 0.05) is 11.0 Å². The molecule has 1 aromatic carbocycles. The summed E-state index contributed by atoms with van der Waals surface area (Å²) in [6.45, 7) is 2.31. The Morgan fingerprint density at radius 3 is 2.94 bits per heavy atom. The Morgan fingerprint density at radius 2 is 2.38 bits per heavy atom. The van der Waals surface area contributed by atoms with Crippen molar-refractivity contribution in [3.8, 4) is 6.07 Å². The number of hydrogen-bond acceptors (Lipinski definition) is 2. The SMILES string of the molecule is CN1CCC(c2ccc(CC#N)cc2Br)C1. The van der Waals surface area contributed by atoms with Crippen LogP contribution in [-0.2, 0) is 6.42 Å². The summed E-state index contributed by atoms with van der Waals surface area (Å²) in [6.07, 6.45) is 1.72. The first-order valence-electron chi connectivity index (χ1n) is 5.54. The maximum atomic E-state index is 8.65. The van der Waals surface area contributed by atoms with Crippen molar-refractivity contribution in [2.75, 3.05) is 20.1 Å². The van der Waals surface area contributed by atoms with Crippen LogP contribution in [-0.4, -0.2) is 25.0 Å². The van der Waals surface area contributed by atoms with Gasteiger partial charge in [-0.1, -0.05) is 28.1 Å². The fraction of sp³-hybridized carbons (Fsp3) is 0.462. The molecule has 0 N–H and O–H groups in total. The average Bonchev–Trinajstić information content (AvgIpc) is 2.65. The zero-order valence-corrected chi connectivity index (χ0v) is 11.0. The normalized spacial score (nSPS) is 20.9. The number of nitrogens with zero attached hydrogens (tertiary/aromatic N) is 2. The molecule has 1 saturated heterocycles. The van der Waals surface area contributed by atoms with Crippen molar-refractivity contribution in [3.63, 3.8) is 0 Å². The molecule has 0 aromatic heterocycles. The second-order valence-electron chi connectivity index (χ2n) is 4.44. The monoisotopic (exact) mass is 278 g/mol. The molecule has 84 valence electrons. The summed E-state index contributed by atoms with van der Waals surface area (Å²) in [6, 6.07) is 8.50. The Bertz CT molecular complexity index is 422. The molecule has 1 fully saturated rings. The van der Waals surface area contributed by atoms with Gasteiger partial charge in [-0.25, -0.2) is 0 Å². The van der Waals surface area contributed by atoms with Crippen LogP contribution in [0.3, 0.4) is 0 Å². The summed E-state index contributed by atoms with van der Waals surface area (Å²) in [4.78, 5) is 2.36. The van der Waals surface area contributed by atoms with Gasteiger partial charge in [-0.3, -0.25) is 0 Å². The lowest BCUT2D eigenvalue weighted by Gasteiger charge is -2.13. The lowest BCUT2D eigenvalue weighted by atomic mass is 9.97. The first kappa shape index (κ1) is 11.6. The van der Waals surface area contributed by atoms with E-state index in [1.807, 2.05) is 0 Å². The zero-order chi connectivity index (χ0) is 11.5. The van der Waals surface area contributed by atoms with Gasteiger partial charge in [-0.15, -0.1) is 0 Å². The van der Waals surface area contributed by atoms with Crippen molar-refractivity contribution < 1.29 is 0 Å². The van der Waals surface area contributed by atoms with Crippen molar-refractivity contribution in [2.24, 2.45) is 0 Å². The molecule has 16 heavy (non-hydrogen) atoms. The van der Waals surface area contributed by atoms with E-state index >= 15 is 0 Å². The molecule has 1 aliphatic rings. The standard InChI is InChI=1S/C13H15BrN2/c1-16-7-5-11(9-16)12-3-2-10(4-6-15)8-13(12)14/h2-3,8,11H,4-5,7,9H2,1H3. The van der Waals surface area contributed by atoms with Crippen molar-refractivity contribution in [1.82, 2.24) is 4.90 Å². The smallest absolute Gasteiger partial charge is 0.0669 e. The fourth-order valence-electron chi connectivity index (χ4n) is 2.29. The molecule has 2 rings (SSSR count). The number of benzene rings is 1. The second kappa shape index (κ2) is 4.99. The molecule has 0 aliphatic carbocycles. The highest BCUT2D eigenvalue weighted by molar-refractivity contribution is 9.10. The first-order chi connectivity index (χ1) is 7.70. The quantitative estimate of drug-likeness (QED) is 0.832. The van der Waals surface area contributed by atoms with Gasteiger partial charge in [0.05, 0.1) is 12.5 Å². The molecule has 1 heterocycles. The Labute approximate surface area is 105 Å². The molecule has 0 amide bonds. The van der Waals surface area contributed by atoms with Crippen molar-refractivity contribution in [2.45, 2.75) is 18.8 Å². The molecular weight excluding hydrogens is 264 g/mol. The Kier molecular flexibility index (Phi) is 3.63. The molecular formula is C13H15BrN2. The second-order valence-corrected chi connectivity index (χ2v) is 5.29. The third-order valence-corrected chi connectivity index (χ3v) is 3.87. The van der Waals surface area contributed by atoms with E-state index in [4.69, 9.17) is 5.26 Å². The third kappa shape index (κ3) is 2.45. The molecule has 1 aliphatic heterocycles. The Morgan fingerprint density at radius 1 is 1.56 bits per heavy atom. The van der Waals surface area contributed by atoms with Crippen molar-refractivity contribution in [3.05, 3.63) is 33.8 Å². The zero-order valence-electron chi connectivity index (χ0n) is 9.41. The summed E-state index contributed by atoms with van der Waals surface area (Å²) >= 11 is 3.62. The largest absolute Gasteiger partial charge is 0.306 e. The summed E-state index contributed by atoms with van der Waals surface area (Å²) < 4.78 is 1.15. The minimum atomic E-state index is 0.490. The van der Waals surface area contributed by atoms with E-state index in [1.165, 1.54) is 18.5 Å². The number of likely N-dealkylation sites (N-methyl/N-ethyl adjacent to an activating group) is 1. The van der Waals surface area contributed by atoms with Gasteiger partial charge in [0.25, 0.3) is 0 Å². The number of nitriles is 1. The predicted molar refractivity (Wildman–Crippen MR) is 68.3 cm³/mol. The minimum absolute atomic E-state index is 0.490. The number of halogens is 1. The summed E-state index contributed by atoms with van der Waals surface area (Å²) in [7, 11) is 2.16. The number of likely N-dealkylation sites (tertiary alicyclic amines) is 1. The van der Waals surface area contributed by atoms with E-state index in [0.717, 1.165) is 16.6 Å². The van der Waals surface area contributed by atoms with Crippen LogP contribution in [0.2, 0.25) is 0 Å². The van der Waals surface area contributed by atoms with Gasteiger partial charge in [0.1, 0.15) is 0 Å². The van der Waals surface area contributed by atoms with Crippen LogP contribution in [0, 0.1) is 11.3 Å². The highest BCUT2D eigenvalue weighted by Crippen LogP contribution is 2.32. The van der Waals surface area contributed by atoms with Crippen LogP contribution < -0.4 is 0 Å². The van der Waals surface area contributed by atoms with Gasteiger partial charge < -0.3 is 4.90 Å². The number of rotatable bonds is 2. The van der Waals surface area contributed by atoms with Gasteiger partial charge in [-0.2, -0.15) is 5.26 Å². The molecule has 3 heteroatoms. The highest BCUT2D eigenvalue weighted by atomic mass is 79.9. The highest BCUT2D eigenvalue weighted by Gasteiger charge is 2.22. The van der Waals surface area contributed by atoms with Gasteiger partial charge in [0.2, 0.25) is 0 Å². The van der Waals surface area contributed by atoms with Crippen LogP contribution in [0.4, 0.5) is 0 Å². The average molecular weight is 279 g/mol. The predicted octanol–water partition coefficient (Wildman–Crippen LogP) is 2.93. The fourth-order valence-corrected chi connectivity index (χ4v) is 3.04. The summed E-state index contributed by atoms with van der Waals surface area (Å²) in [5, 5.41) is 8.65. The third-order valence-electron chi connectivity index (χ3n) is 3.18. The van der Waals surface area contributed by atoms with E-state index in [0.29, 0.717) is 12.3 Å². The lowest BCUT2D eigenvalue weighted by Crippen LogP contribution is -2.13. The van der Waals surface area contributed by atoms with E-state index in [9.17, 15) is 0 Å². The summed E-state index contributed by atoms with van der Waals surface area (Å²) in [5.41, 5.74) is 2.47. The molecule has 2 nitrogen and oxygen atoms in total. The molecule has 0 saturated carbocycles. The molecule has 0 bridgehead atoms. The maximum absolute atomic E-state index is 8.65. The van der Waals surface area contributed by atoms with E-state index in [1.54, 1.807) is 0 Å². The Hall–Kier alpha value is -0.850. The van der Waals surface area contributed by atoms with Gasteiger partial charge >= 0.3 is 0 Å². The van der Waals surface area contributed by atoms with Gasteiger partial charge in [0.15, 0.2) is 0 Å². The topological polar surface area (TPSA) is 27.0 Å². The van der Waals surface area contributed by atoms with E-state index in [2.05, 4.69) is 52.1 Å². The van der Waals surface area contributed by atoms with Crippen LogP contribution in [0.15, 0.2) is 22.7 Å². The van der Waals surface area contributed by atoms with Crippen LogP contribution in [0.25, 0.3) is 0 Å². The van der Waals surface area contributed by atoms with Crippen molar-refractivity contribution in [1.29, 1.82) is 5.26 Å². The van der Waals surface area contributed by atoms with Crippen LogP contribution in [0.1, 0.15) is 23.5 Å². The minimum Gasteiger partial charge on any atom is -0.306 e. The summed E-state index contributed by atoms with van der Waals surface area (Å²) in [5.74, 6) is 0.635. The van der Waals surface area contributed by atoms with E-state index in [-0.39, 0.29) is 0 Å². The number of hydrogen-bond donors (Lipinski definition) is 0. The molecule has 1 aromatic rings. The maximum Gasteiger partial charge on any atom is 0.0669 e. The molecule has 1 unspecified atom stereocenters. The van der Waals surface area contributed by atoms with Crippen molar-refractivity contribution >= 4 is 15.9 Å². The van der Waals surface area contributed by atoms with Crippen LogP contribution >= 0.6 is 15.9 Å². The van der Waals surface area contributed by atoms with Gasteiger partial charge in [-0.05, 0) is 43.1 Å². The molecule has 0 radical (unpaired) electrons. The lowest BCUT2D eigenvalue weighted by molar-refractivity contribution is 0.411. The first-order valence-corrected chi connectivity index (χ1v) is 6.34. The Balaban J connectivity index is 2.20. The molecule has 0 spiro atoms. The molecule has 1 atom stereocenters.